The zero-order chi connectivity index (χ0) is 29.4. The lowest BCUT2D eigenvalue weighted by Crippen LogP contribution is -2.47. The van der Waals surface area contributed by atoms with Crippen LogP contribution < -0.4 is 25.6 Å². The van der Waals surface area contributed by atoms with E-state index in [4.69, 9.17) is 34.9 Å². The molecule has 13 heteroatoms. The number of piperazine rings is 1. The summed E-state index contributed by atoms with van der Waals surface area (Å²) in [5, 5.41) is 9.98. The lowest BCUT2D eigenvalue weighted by Gasteiger charge is -2.35. The summed E-state index contributed by atoms with van der Waals surface area (Å²) in [5.74, 6) is -1.98. The number of halogens is 1. The number of anilines is 1. The van der Waals surface area contributed by atoms with E-state index in [1.54, 1.807) is 24.3 Å². The Balaban J connectivity index is 1.77. The van der Waals surface area contributed by atoms with E-state index in [1.165, 1.54) is 6.07 Å². The van der Waals surface area contributed by atoms with E-state index in [9.17, 15) is 24.3 Å². The number of esters is 2. The molecule has 1 fully saturated rings. The summed E-state index contributed by atoms with van der Waals surface area (Å²) >= 11 is 6.18. The minimum absolute atomic E-state index is 0.0230. The zero-order valence-electron chi connectivity index (χ0n) is 21.9. The number of β-amino-alcohol motifs (C(OH)–C–C–N with tert-alkyl or cyclic N) is 1. The number of ether oxygens (including phenoxy) is 2. The van der Waals surface area contributed by atoms with Crippen molar-refractivity contribution >= 4 is 51.4 Å². The Hall–Kier alpha value is -4.78. The van der Waals surface area contributed by atoms with E-state index in [2.05, 4.69) is 4.90 Å². The van der Waals surface area contributed by atoms with Crippen LogP contribution in [0.15, 0.2) is 73.0 Å². The highest BCUT2D eigenvalue weighted by Gasteiger charge is 2.29. The van der Waals surface area contributed by atoms with Gasteiger partial charge in [-0.3, -0.25) is 4.90 Å². The minimum Gasteiger partial charge on any atom is -0.419 e. The zero-order valence-corrected chi connectivity index (χ0v) is 22.6. The van der Waals surface area contributed by atoms with Crippen LogP contribution in [-0.4, -0.2) is 66.3 Å². The van der Waals surface area contributed by atoms with Gasteiger partial charge in [-0.15, -0.1) is 0 Å². The fourth-order valence-electron chi connectivity index (χ4n) is 4.94. The largest absolute Gasteiger partial charge is 0.419 e. The Kier molecular flexibility index (Phi) is 7.33. The Labute approximate surface area is 241 Å². The van der Waals surface area contributed by atoms with Gasteiger partial charge >= 0.3 is 23.2 Å². The number of benzene rings is 2. The van der Waals surface area contributed by atoms with Crippen molar-refractivity contribution in [3.05, 3.63) is 80.5 Å². The van der Waals surface area contributed by atoms with Gasteiger partial charge in [-0.25, -0.2) is 24.2 Å². The number of hydrogen-bond acceptors (Lipinski definition) is 12. The third kappa shape index (κ3) is 5.30. The van der Waals surface area contributed by atoms with Crippen molar-refractivity contribution < 1.29 is 33.0 Å². The van der Waals surface area contributed by atoms with Crippen molar-refractivity contribution in [1.29, 1.82) is 0 Å². The maximum absolute atomic E-state index is 12.9. The monoisotopic (exact) mass is 591 g/mol. The molecule has 2 bridgehead atoms. The average Bonchev–Trinajstić information content (AvgIpc) is 2.96. The second-order valence-electron chi connectivity index (χ2n) is 9.48. The molecular weight excluding hydrogens is 570 g/mol. The van der Waals surface area contributed by atoms with Crippen molar-refractivity contribution in [2.24, 2.45) is 0 Å². The molecule has 6 rings (SSSR count). The summed E-state index contributed by atoms with van der Waals surface area (Å²) in [7, 11) is 0. The van der Waals surface area contributed by atoms with Gasteiger partial charge in [-0.1, -0.05) is 23.7 Å². The number of rotatable bonds is 4. The quantitative estimate of drug-likeness (QED) is 0.274. The van der Waals surface area contributed by atoms with Crippen LogP contribution in [0.5, 0.6) is 11.5 Å². The van der Waals surface area contributed by atoms with E-state index >= 15 is 0 Å². The second kappa shape index (κ2) is 11.2. The van der Waals surface area contributed by atoms with E-state index in [0.717, 1.165) is 24.3 Å². The predicted molar refractivity (Wildman–Crippen MR) is 152 cm³/mol. The number of pyridine rings is 1. The van der Waals surface area contributed by atoms with Gasteiger partial charge in [-0.2, -0.15) is 0 Å². The maximum Gasteiger partial charge on any atom is 0.336 e. The molecule has 12 nitrogen and oxygen atoms in total. The van der Waals surface area contributed by atoms with Gasteiger partial charge in [0.05, 0.1) is 17.5 Å². The van der Waals surface area contributed by atoms with Crippen LogP contribution in [-0.2, 0) is 9.59 Å². The first-order valence-electron chi connectivity index (χ1n) is 12.9. The van der Waals surface area contributed by atoms with Gasteiger partial charge in [-0.05, 0) is 17.7 Å². The summed E-state index contributed by atoms with van der Waals surface area (Å²) in [6.07, 6.45) is 1.80. The average molecular weight is 592 g/mol. The Bertz CT molecular complexity index is 1910. The standard InChI is InChI=1S/C29H22ClN3O9/c30-17-3-1-16(2-4-17)24-25-18-15-19-26(40-21(36)6-5-20(35)39-19)27(25)41-22(37)7-8-23(38)42-28(24)29(31-18)33-11-9-32(10-12-33)13-14-34/h1-8,15,34H,9-14H2/b6-5-,8-7?. The third-order valence-corrected chi connectivity index (χ3v) is 7.09. The molecule has 0 amide bonds. The molecule has 0 radical (unpaired) electrons. The Morgan fingerprint density at radius 1 is 0.833 bits per heavy atom. The fourth-order valence-corrected chi connectivity index (χ4v) is 5.07. The normalized spacial score (nSPS) is 16.4. The van der Waals surface area contributed by atoms with E-state index in [-0.39, 0.29) is 40.2 Å². The summed E-state index contributed by atoms with van der Waals surface area (Å²) in [4.78, 5) is 59.4. The van der Waals surface area contributed by atoms with Gasteiger partial charge in [0.15, 0.2) is 22.7 Å². The first kappa shape index (κ1) is 27.4. The molecule has 0 saturated carbocycles. The van der Waals surface area contributed by atoms with Gasteiger partial charge < -0.3 is 28.3 Å². The SMILES string of the molecule is O=C1/C=C\C(=O)Oc2c(cc3nc(N4CCN(CCO)CC4)c4oc(=O)ccc(=O)oc2c3c4-c2ccc(Cl)cc2)O1. The molecule has 42 heavy (non-hydrogen) atoms. The highest BCUT2D eigenvalue weighted by molar-refractivity contribution is 6.30. The molecule has 1 N–H and O–H groups in total. The van der Waals surface area contributed by atoms with Crippen LogP contribution in [0.3, 0.4) is 0 Å². The lowest BCUT2D eigenvalue weighted by molar-refractivity contribution is -0.133. The number of hydrogen-bond donors (Lipinski definition) is 1. The topological polar surface area (TPSA) is 153 Å². The smallest absolute Gasteiger partial charge is 0.336 e. The number of nitrogens with zero attached hydrogens (tertiary/aromatic N) is 3. The first-order valence-corrected chi connectivity index (χ1v) is 13.3. The van der Waals surface area contributed by atoms with Crippen molar-refractivity contribution in [3.8, 4) is 22.6 Å². The van der Waals surface area contributed by atoms with Crippen LogP contribution in [0, 0.1) is 0 Å². The van der Waals surface area contributed by atoms with Crippen LogP contribution in [0.2, 0.25) is 5.02 Å². The minimum atomic E-state index is -0.976. The van der Waals surface area contributed by atoms with Crippen LogP contribution in [0.25, 0.3) is 33.2 Å². The molecule has 2 aliphatic heterocycles. The maximum atomic E-state index is 12.9. The number of fused-ring (bicyclic) bond motifs is 3. The van der Waals surface area contributed by atoms with Crippen molar-refractivity contribution in [2.75, 3.05) is 44.2 Å². The highest BCUT2D eigenvalue weighted by atomic mass is 35.5. The van der Waals surface area contributed by atoms with Crippen LogP contribution >= 0.6 is 11.6 Å². The van der Waals surface area contributed by atoms with Crippen molar-refractivity contribution in [3.63, 3.8) is 0 Å². The molecule has 0 aliphatic carbocycles. The number of aromatic nitrogens is 1. The Morgan fingerprint density at radius 3 is 2.14 bits per heavy atom. The summed E-state index contributed by atoms with van der Waals surface area (Å²) in [6, 6.07) is 9.84. The molecule has 0 spiro atoms. The second-order valence-corrected chi connectivity index (χ2v) is 9.91. The molecule has 2 aromatic carbocycles. The number of aliphatic hydroxyl groups is 1. The molecular formula is C29H22ClN3O9. The molecule has 0 atom stereocenters. The molecule has 2 aromatic heterocycles. The fraction of sp³-hybridized carbons (Fsp3) is 0.207. The third-order valence-electron chi connectivity index (χ3n) is 6.84. The van der Waals surface area contributed by atoms with Crippen molar-refractivity contribution in [2.45, 2.75) is 0 Å². The summed E-state index contributed by atoms with van der Waals surface area (Å²) in [5.41, 5.74) is -0.982. The number of carbonyl (C=O) groups is 2. The number of carbonyl (C=O) groups excluding carboxylic acids is 2. The lowest BCUT2D eigenvalue weighted by atomic mass is 9.98. The van der Waals surface area contributed by atoms with E-state index < -0.39 is 23.2 Å². The molecule has 4 heterocycles. The Morgan fingerprint density at radius 2 is 1.48 bits per heavy atom. The molecule has 1 saturated heterocycles. The van der Waals surface area contributed by atoms with E-state index in [1.807, 2.05) is 4.90 Å². The van der Waals surface area contributed by atoms with Crippen molar-refractivity contribution in [1.82, 2.24) is 9.88 Å². The first-order chi connectivity index (χ1) is 20.3. The van der Waals surface area contributed by atoms with Crippen LogP contribution in [0.1, 0.15) is 0 Å². The van der Waals surface area contributed by atoms with E-state index in [0.29, 0.717) is 54.7 Å². The molecule has 214 valence electrons. The van der Waals surface area contributed by atoms with Gasteiger partial charge in [0, 0.05) is 73.7 Å². The molecule has 0 unspecified atom stereocenters. The predicted octanol–water partition coefficient (Wildman–Crippen LogP) is 2.67. The highest BCUT2D eigenvalue weighted by Crippen LogP contribution is 2.46. The van der Waals surface area contributed by atoms with Gasteiger partial charge in [0.25, 0.3) is 0 Å². The van der Waals surface area contributed by atoms with Gasteiger partial charge in [0.1, 0.15) is 0 Å². The van der Waals surface area contributed by atoms with Gasteiger partial charge in [0.2, 0.25) is 5.75 Å². The number of aliphatic hydroxyl groups excluding tert-OH is 1. The summed E-state index contributed by atoms with van der Waals surface area (Å²) < 4.78 is 22.4. The summed E-state index contributed by atoms with van der Waals surface area (Å²) in [6.45, 7) is 2.73. The molecule has 2 aliphatic rings. The van der Waals surface area contributed by atoms with Crippen LogP contribution in [0.4, 0.5) is 5.82 Å². The molecule has 4 aromatic rings.